The van der Waals surface area contributed by atoms with Gasteiger partial charge in [0.2, 0.25) is 0 Å². The van der Waals surface area contributed by atoms with Crippen molar-refractivity contribution in [3.05, 3.63) is 60.2 Å². The molecule has 2 aromatic rings. The van der Waals surface area contributed by atoms with Gasteiger partial charge in [0.25, 0.3) is 0 Å². The highest BCUT2D eigenvalue weighted by molar-refractivity contribution is 6.90. The summed E-state index contributed by atoms with van der Waals surface area (Å²) < 4.78 is 5.15. The lowest BCUT2D eigenvalue weighted by Gasteiger charge is -2.29. The van der Waals surface area contributed by atoms with Crippen molar-refractivity contribution in [2.24, 2.45) is 0 Å². The van der Waals surface area contributed by atoms with E-state index in [-0.39, 0.29) is 0 Å². The lowest BCUT2D eigenvalue weighted by Crippen LogP contribution is -2.47. The monoisotopic (exact) mass is 272 g/mol. The number of rotatable bonds is 4. The van der Waals surface area contributed by atoms with E-state index in [9.17, 15) is 5.11 Å². The molecule has 2 aromatic carbocycles. The number of methoxy groups -OCH3 is 1. The van der Waals surface area contributed by atoms with Crippen molar-refractivity contribution in [3.63, 3.8) is 0 Å². The van der Waals surface area contributed by atoms with E-state index in [0.717, 1.165) is 11.3 Å². The molecule has 0 heterocycles. The summed E-state index contributed by atoms with van der Waals surface area (Å²) in [4.78, 5) is 0. The molecule has 0 aromatic heterocycles. The second-order valence-corrected chi connectivity index (χ2v) is 9.83. The van der Waals surface area contributed by atoms with Crippen LogP contribution in [0.1, 0.15) is 11.3 Å². The minimum atomic E-state index is -1.94. The Labute approximate surface area is 115 Å². The van der Waals surface area contributed by atoms with E-state index >= 15 is 0 Å². The van der Waals surface area contributed by atoms with Crippen molar-refractivity contribution in [1.29, 1.82) is 0 Å². The molecule has 100 valence electrons. The predicted octanol–water partition coefficient (Wildman–Crippen LogP) is 2.88. The van der Waals surface area contributed by atoms with Gasteiger partial charge in [-0.2, -0.15) is 0 Å². The molecule has 0 radical (unpaired) electrons. The second-order valence-electron chi connectivity index (χ2n) is 5.26. The van der Waals surface area contributed by atoms with Crippen molar-refractivity contribution in [2.45, 2.75) is 18.8 Å². The maximum absolute atomic E-state index is 10.7. The zero-order chi connectivity index (χ0) is 13.9. The van der Waals surface area contributed by atoms with Gasteiger partial charge in [-0.1, -0.05) is 60.7 Å². The van der Waals surface area contributed by atoms with Crippen molar-refractivity contribution < 1.29 is 9.84 Å². The number of ether oxygens (including phenoxy) is 1. The van der Waals surface area contributed by atoms with Crippen LogP contribution in [0.5, 0.6) is 5.75 Å². The van der Waals surface area contributed by atoms with Crippen molar-refractivity contribution in [3.8, 4) is 5.75 Å². The summed E-state index contributed by atoms with van der Waals surface area (Å²) in [6.45, 7) is 4.38. The summed E-state index contributed by atoms with van der Waals surface area (Å²) in [5.74, 6) is 0.815. The molecule has 1 unspecified atom stereocenters. The Morgan fingerprint density at radius 2 is 1.53 bits per heavy atom. The highest BCUT2D eigenvalue weighted by atomic mass is 28.3. The summed E-state index contributed by atoms with van der Waals surface area (Å²) in [5, 5.41) is 11.9. The Morgan fingerprint density at radius 1 is 0.947 bits per heavy atom. The highest BCUT2D eigenvalue weighted by Crippen LogP contribution is 2.25. The maximum atomic E-state index is 10.7. The van der Waals surface area contributed by atoms with Crippen LogP contribution in [0, 0.1) is 0 Å². The van der Waals surface area contributed by atoms with Gasteiger partial charge in [0, 0.05) is 0 Å². The van der Waals surface area contributed by atoms with Crippen molar-refractivity contribution >= 4 is 13.3 Å². The Kier molecular flexibility index (Phi) is 4.07. The van der Waals surface area contributed by atoms with Crippen LogP contribution in [0.2, 0.25) is 13.1 Å². The first kappa shape index (κ1) is 13.8. The fourth-order valence-electron chi connectivity index (χ4n) is 2.23. The van der Waals surface area contributed by atoms with E-state index in [2.05, 4.69) is 25.2 Å². The third-order valence-electron chi connectivity index (χ3n) is 3.63. The summed E-state index contributed by atoms with van der Waals surface area (Å²) >= 11 is 0. The van der Waals surface area contributed by atoms with E-state index < -0.39 is 13.8 Å². The quantitative estimate of drug-likeness (QED) is 0.867. The highest BCUT2D eigenvalue weighted by Gasteiger charge is 2.33. The number of aliphatic hydroxyl groups is 1. The van der Waals surface area contributed by atoms with Gasteiger partial charge in [0.1, 0.15) is 13.8 Å². The van der Waals surface area contributed by atoms with Crippen molar-refractivity contribution in [1.82, 2.24) is 0 Å². The second kappa shape index (κ2) is 5.59. The fourth-order valence-corrected chi connectivity index (χ4v) is 4.62. The van der Waals surface area contributed by atoms with Gasteiger partial charge < -0.3 is 9.84 Å². The molecule has 0 aliphatic carbocycles. The normalized spacial score (nSPS) is 13.1. The molecule has 0 spiro atoms. The van der Waals surface area contributed by atoms with Crippen molar-refractivity contribution in [2.75, 3.05) is 7.11 Å². The predicted molar refractivity (Wildman–Crippen MR) is 81.5 cm³/mol. The largest absolute Gasteiger partial charge is 0.497 e. The van der Waals surface area contributed by atoms with Gasteiger partial charge in [0.05, 0.1) is 12.8 Å². The van der Waals surface area contributed by atoms with Crippen LogP contribution in [-0.2, 0) is 0 Å². The maximum Gasteiger partial charge on any atom is 0.118 e. The molecule has 3 heteroatoms. The van der Waals surface area contributed by atoms with Crippen LogP contribution in [0.25, 0.3) is 0 Å². The summed E-state index contributed by atoms with van der Waals surface area (Å²) in [7, 11) is -0.290. The van der Waals surface area contributed by atoms with Crippen LogP contribution in [0.4, 0.5) is 0 Å². The van der Waals surface area contributed by atoms with Crippen LogP contribution in [0.3, 0.4) is 0 Å². The molecule has 0 aliphatic heterocycles. The van der Waals surface area contributed by atoms with Crippen LogP contribution >= 0.6 is 0 Å². The van der Waals surface area contributed by atoms with E-state index in [0.29, 0.717) is 0 Å². The van der Waals surface area contributed by atoms with E-state index in [1.54, 1.807) is 7.11 Å². The summed E-state index contributed by atoms with van der Waals surface area (Å²) in [6.07, 6.45) is 0. The SMILES string of the molecule is COc1ccc(C(O)[Si](C)(C)c2ccccc2)cc1. The minimum absolute atomic E-state index is 0.416. The first-order chi connectivity index (χ1) is 9.05. The molecule has 0 bridgehead atoms. The number of hydrogen-bond acceptors (Lipinski definition) is 2. The first-order valence-electron chi connectivity index (χ1n) is 6.43. The summed E-state index contributed by atoms with van der Waals surface area (Å²) in [6, 6.07) is 18.0. The average Bonchev–Trinajstić information content (AvgIpc) is 2.47. The molecule has 19 heavy (non-hydrogen) atoms. The van der Waals surface area contributed by atoms with Gasteiger partial charge >= 0.3 is 0 Å². The Hall–Kier alpha value is -1.58. The Morgan fingerprint density at radius 3 is 2.05 bits per heavy atom. The van der Waals surface area contributed by atoms with Gasteiger partial charge in [0.15, 0.2) is 0 Å². The van der Waals surface area contributed by atoms with Crippen LogP contribution in [0.15, 0.2) is 54.6 Å². The Bertz CT molecular complexity index is 520. The molecule has 1 atom stereocenters. The standard InChI is InChI=1S/C16H20O2Si/c1-18-14-11-9-13(10-12-14)16(17)19(2,3)15-7-5-4-6-8-15/h4-12,16-17H,1-3H3. The fraction of sp³-hybridized carbons (Fsp3) is 0.250. The molecule has 0 saturated heterocycles. The molecule has 0 fully saturated rings. The smallest absolute Gasteiger partial charge is 0.118 e. The third-order valence-corrected chi connectivity index (χ3v) is 7.15. The third kappa shape index (κ3) is 2.88. The van der Waals surface area contributed by atoms with E-state index in [4.69, 9.17) is 4.74 Å². The minimum Gasteiger partial charge on any atom is -0.497 e. The number of hydrogen-bond donors (Lipinski definition) is 1. The molecule has 0 saturated carbocycles. The zero-order valence-corrected chi connectivity index (χ0v) is 12.6. The van der Waals surface area contributed by atoms with Gasteiger partial charge in [-0.25, -0.2) is 0 Å². The summed E-state index contributed by atoms with van der Waals surface area (Å²) in [5.41, 5.74) is 0.544. The Balaban J connectivity index is 2.29. The zero-order valence-electron chi connectivity index (χ0n) is 11.6. The molecule has 1 N–H and O–H groups in total. The average molecular weight is 272 g/mol. The lowest BCUT2D eigenvalue weighted by molar-refractivity contribution is 0.251. The molecule has 2 rings (SSSR count). The van der Waals surface area contributed by atoms with Gasteiger partial charge in [-0.3, -0.25) is 0 Å². The van der Waals surface area contributed by atoms with Gasteiger partial charge in [-0.15, -0.1) is 0 Å². The van der Waals surface area contributed by atoms with Crippen LogP contribution < -0.4 is 9.92 Å². The molecule has 2 nitrogen and oxygen atoms in total. The topological polar surface area (TPSA) is 29.5 Å². The number of benzene rings is 2. The molecular weight excluding hydrogens is 252 g/mol. The van der Waals surface area contributed by atoms with E-state index in [1.165, 1.54) is 5.19 Å². The number of aliphatic hydroxyl groups excluding tert-OH is 1. The lowest BCUT2D eigenvalue weighted by atomic mass is 10.2. The van der Waals surface area contributed by atoms with Crippen LogP contribution in [-0.4, -0.2) is 20.3 Å². The van der Waals surface area contributed by atoms with E-state index in [1.807, 2.05) is 42.5 Å². The van der Waals surface area contributed by atoms with Gasteiger partial charge in [-0.05, 0) is 17.7 Å². The first-order valence-corrected chi connectivity index (χ1v) is 9.51. The molecular formula is C16H20O2Si. The molecule has 0 amide bonds. The molecule has 0 aliphatic rings.